The molecule has 2 unspecified atom stereocenters. The lowest BCUT2D eigenvalue weighted by molar-refractivity contribution is -0.119. The summed E-state index contributed by atoms with van der Waals surface area (Å²) in [6.07, 6.45) is 2.82. The van der Waals surface area contributed by atoms with Crippen LogP contribution in [0.25, 0.3) is 0 Å². The van der Waals surface area contributed by atoms with Crippen LogP contribution in [0.4, 0.5) is 0 Å². The maximum absolute atomic E-state index is 11.1. The van der Waals surface area contributed by atoms with Crippen molar-refractivity contribution in [3.8, 4) is 0 Å². The molecular formula is C13H27NO2Si. The molecule has 2 atom stereocenters. The van der Waals surface area contributed by atoms with E-state index in [0.717, 1.165) is 12.8 Å². The SMILES string of the molecule is CC(CC1CCC(=O)N1)O[Si](C)(C)C(C)(C)C. The minimum Gasteiger partial charge on any atom is -0.414 e. The van der Waals surface area contributed by atoms with Gasteiger partial charge in [0.1, 0.15) is 0 Å². The van der Waals surface area contributed by atoms with Crippen LogP contribution in [0.2, 0.25) is 18.1 Å². The molecule has 4 heteroatoms. The van der Waals surface area contributed by atoms with E-state index in [1.165, 1.54) is 0 Å². The molecule has 0 aromatic heterocycles. The van der Waals surface area contributed by atoms with Crippen LogP contribution in [0.1, 0.15) is 47.0 Å². The van der Waals surface area contributed by atoms with Gasteiger partial charge < -0.3 is 9.74 Å². The zero-order valence-corrected chi connectivity index (χ0v) is 13.1. The van der Waals surface area contributed by atoms with Crippen molar-refractivity contribution < 1.29 is 9.22 Å². The molecule has 0 radical (unpaired) electrons. The Hall–Kier alpha value is -0.353. The summed E-state index contributed by atoms with van der Waals surface area (Å²) in [6, 6.07) is 0.322. The van der Waals surface area contributed by atoms with Crippen LogP contribution in [0.5, 0.6) is 0 Å². The van der Waals surface area contributed by atoms with Gasteiger partial charge in [0.15, 0.2) is 8.32 Å². The van der Waals surface area contributed by atoms with Crippen molar-refractivity contribution in [3.63, 3.8) is 0 Å². The van der Waals surface area contributed by atoms with E-state index in [9.17, 15) is 4.79 Å². The van der Waals surface area contributed by atoms with Crippen LogP contribution in [0.3, 0.4) is 0 Å². The molecule has 1 rings (SSSR count). The normalized spacial score (nSPS) is 23.6. The third kappa shape index (κ3) is 4.10. The second-order valence-electron chi connectivity index (χ2n) is 6.73. The van der Waals surface area contributed by atoms with E-state index >= 15 is 0 Å². The van der Waals surface area contributed by atoms with Gasteiger partial charge in [-0.15, -0.1) is 0 Å². The van der Waals surface area contributed by atoms with Crippen LogP contribution in [0.15, 0.2) is 0 Å². The fourth-order valence-corrected chi connectivity index (χ4v) is 3.44. The van der Waals surface area contributed by atoms with Crippen LogP contribution < -0.4 is 5.32 Å². The lowest BCUT2D eigenvalue weighted by Gasteiger charge is -2.39. The van der Waals surface area contributed by atoms with Crippen molar-refractivity contribution in [2.75, 3.05) is 0 Å². The third-order valence-corrected chi connectivity index (χ3v) is 8.61. The molecule has 1 amide bonds. The summed E-state index contributed by atoms with van der Waals surface area (Å²) in [6.45, 7) is 13.4. The number of hydrogen-bond acceptors (Lipinski definition) is 2. The van der Waals surface area contributed by atoms with Crippen molar-refractivity contribution >= 4 is 14.2 Å². The first-order valence-electron chi connectivity index (χ1n) is 6.59. The third-order valence-electron chi connectivity index (χ3n) is 4.00. The minimum atomic E-state index is -1.67. The van der Waals surface area contributed by atoms with E-state index < -0.39 is 8.32 Å². The molecule has 1 heterocycles. The topological polar surface area (TPSA) is 38.3 Å². The van der Waals surface area contributed by atoms with Crippen LogP contribution in [-0.4, -0.2) is 26.4 Å². The first-order chi connectivity index (χ1) is 7.62. The summed E-state index contributed by atoms with van der Waals surface area (Å²) in [5.74, 6) is 0.189. The van der Waals surface area contributed by atoms with Gasteiger partial charge in [-0.1, -0.05) is 20.8 Å². The summed E-state index contributed by atoms with van der Waals surface area (Å²) in [7, 11) is -1.67. The summed E-state index contributed by atoms with van der Waals surface area (Å²) in [5.41, 5.74) is 0. The Balaban J connectivity index is 2.44. The van der Waals surface area contributed by atoms with Gasteiger partial charge in [-0.25, -0.2) is 0 Å². The molecule has 0 aliphatic carbocycles. The maximum atomic E-state index is 11.1. The quantitative estimate of drug-likeness (QED) is 0.786. The molecule has 1 fully saturated rings. The van der Waals surface area contributed by atoms with E-state index in [2.05, 4.69) is 46.1 Å². The Morgan fingerprint density at radius 2 is 2.06 bits per heavy atom. The van der Waals surface area contributed by atoms with E-state index in [-0.39, 0.29) is 17.0 Å². The number of hydrogen-bond donors (Lipinski definition) is 1. The van der Waals surface area contributed by atoms with Crippen molar-refractivity contribution in [3.05, 3.63) is 0 Å². The number of carbonyl (C=O) groups is 1. The summed E-state index contributed by atoms with van der Waals surface area (Å²) >= 11 is 0. The van der Waals surface area contributed by atoms with Gasteiger partial charge in [0, 0.05) is 18.6 Å². The molecule has 1 aliphatic heterocycles. The predicted octanol–water partition coefficient (Wildman–Crippen LogP) is 3.07. The van der Waals surface area contributed by atoms with Crippen LogP contribution in [-0.2, 0) is 9.22 Å². The molecule has 17 heavy (non-hydrogen) atoms. The largest absolute Gasteiger partial charge is 0.414 e. The van der Waals surface area contributed by atoms with Gasteiger partial charge in [-0.2, -0.15) is 0 Å². The zero-order valence-electron chi connectivity index (χ0n) is 12.1. The van der Waals surface area contributed by atoms with Gasteiger partial charge in [0.2, 0.25) is 5.91 Å². The molecule has 0 spiro atoms. The van der Waals surface area contributed by atoms with Gasteiger partial charge >= 0.3 is 0 Å². The summed E-state index contributed by atoms with van der Waals surface area (Å²) in [5, 5.41) is 3.26. The number of rotatable bonds is 4. The Bertz CT molecular complexity index is 284. The van der Waals surface area contributed by atoms with Crippen molar-refractivity contribution in [2.24, 2.45) is 0 Å². The Morgan fingerprint density at radius 3 is 2.47 bits per heavy atom. The summed E-state index contributed by atoms with van der Waals surface area (Å²) in [4.78, 5) is 11.1. The highest BCUT2D eigenvalue weighted by Crippen LogP contribution is 2.37. The van der Waals surface area contributed by atoms with E-state index in [4.69, 9.17) is 4.43 Å². The zero-order chi connectivity index (χ0) is 13.3. The van der Waals surface area contributed by atoms with E-state index in [1.54, 1.807) is 0 Å². The fourth-order valence-electron chi connectivity index (χ4n) is 1.98. The first kappa shape index (κ1) is 14.7. The second kappa shape index (κ2) is 5.10. The number of nitrogens with one attached hydrogen (secondary N) is 1. The molecular weight excluding hydrogens is 230 g/mol. The second-order valence-corrected chi connectivity index (χ2v) is 11.5. The highest BCUT2D eigenvalue weighted by Gasteiger charge is 2.38. The monoisotopic (exact) mass is 257 g/mol. The Morgan fingerprint density at radius 1 is 1.47 bits per heavy atom. The van der Waals surface area contributed by atoms with Crippen molar-refractivity contribution in [2.45, 2.75) is 77.2 Å². The fraction of sp³-hybridized carbons (Fsp3) is 0.923. The lowest BCUT2D eigenvalue weighted by atomic mass is 10.1. The van der Waals surface area contributed by atoms with Crippen molar-refractivity contribution in [1.82, 2.24) is 5.32 Å². The molecule has 0 aromatic carbocycles. The average Bonchev–Trinajstić information content (AvgIpc) is 2.47. The average molecular weight is 257 g/mol. The highest BCUT2D eigenvalue weighted by atomic mass is 28.4. The summed E-state index contributed by atoms with van der Waals surface area (Å²) < 4.78 is 6.29. The molecule has 3 nitrogen and oxygen atoms in total. The van der Waals surface area contributed by atoms with E-state index in [1.807, 2.05) is 0 Å². The Kier molecular flexibility index (Phi) is 4.41. The molecule has 0 bridgehead atoms. The molecule has 1 aliphatic rings. The predicted molar refractivity (Wildman–Crippen MR) is 73.5 cm³/mol. The van der Waals surface area contributed by atoms with Gasteiger partial charge in [-0.05, 0) is 37.9 Å². The van der Waals surface area contributed by atoms with Crippen LogP contribution in [0, 0.1) is 0 Å². The minimum absolute atomic E-state index is 0.189. The maximum Gasteiger partial charge on any atom is 0.220 e. The lowest BCUT2D eigenvalue weighted by Crippen LogP contribution is -2.44. The number of amides is 1. The van der Waals surface area contributed by atoms with Gasteiger partial charge in [-0.3, -0.25) is 4.79 Å². The smallest absolute Gasteiger partial charge is 0.220 e. The molecule has 100 valence electrons. The van der Waals surface area contributed by atoms with E-state index in [0.29, 0.717) is 12.5 Å². The first-order valence-corrected chi connectivity index (χ1v) is 9.50. The molecule has 0 saturated carbocycles. The Labute approximate surface area is 106 Å². The van der Waals surface area contributed by atoms with Crippen LogP contribution >= 0.6 is 0 Å². The number of carbonyl (C=O) groups excluding carboxylic acids is 1. The van der Waals surface area contributed by atoms with Gasteiger partial charge in [0.25, 0.3) is 0 Å². The highest BCUT2D eigenvalue weighted by molar-refractivity contribution is 6.74. The standard InChI is InChI=1S/C13H27NO2Si/c1-10(9-11-7-8-12(15)14-11)16-17(5,6)13(2,3)4/h10-11H,7-9H2,1-6H3,(H,14,15). The molecule has 0 aromatic rings. The molecule has 1 saturated heterocycles. The molecule has 1 N–H and O–H groups in total. The van der Waals surface area contributed by atoms with Crippen molar-refractivity contribution in [1.29, 1.82) is 0 Å². The van der Waals surface area contributed by atoms with Gasteiger partial charge in [0.05, 0.1) is 0 Å².